The summed E-state index contributed by atoms with van der Waals surface area (Å²) in [6.07, 6.45) is 0. The Bertz CT molecular complexity index is 1020. The number of carbonyl (C=O) groups excluding carboxylic acids is 1. The highest BCUT2D eigenvalue weighted by Crippen LogP contribution is 2.34. The second-order valence-electron chi connectivity index (χ2n) is 6.48. The Morgan fingerprint density at radius 2 is 1.93 bits per heavy atom. The molecule has 0 aliphatic carbocycles. The molecule has 0 spiro atoms. The third-order valence-electron chi connectivity index (χ3n) is 3.88. The van der Waals surface area contributed by atoms with Crippen LogP contribution < -0.4 is 10.1 Å². The highest BCUT2D eigenvalue weighted by molar-refractivity contribution is 7.99. The molecule has 1 N–H and O–H groups in total. The number of carbonyl (C=O) groups is 1. The van der Waals surface area contributed by atoms with E-state index in [-0.39, 0.29) is 17.7 Å². The Balaban J connectivity index is 2.08. The number of ether oxygens (including phenoxy) is 1. The summed E-state index contributed by atoms with van der Waals surface area (Å²) in [6.45, 7) is 3.83. The summed E-state index contributed by atoms with van der Waals surface area (Å²) in [4.78, 5) is 12.1. The third-order valence-corrected chi connectivity index (χ3v) is 5.28. The number of aromatic nitrogens is 3. The SMILES string of the molecule is COc1ccc(Cl)cc1-n1c(SCC(=O)NC(C)C)nnc1-c1cccc(Cl)c1. The Morgan fingerprint density at radius 1 is 1.17 bits per heavy atom. The first-order valence-corrected chi connectivity index (χ1v) is 10.6. The van der Waals surface area contributed by atoms with Crippen molar-refractivity contribution in [1.29, 1.82) is 0 Å². The zero-order chi connectivity index (χ0) is 21.0. The molecule has 9 heteroatoms. The minimum absolute atomic E-state index is 0.0658. The van der Waals surface area contributed by atoms with Crippen LogP contribution >= 0.6 is 35.0 Å². The number of rotatable bonds is 7. The number of amides is 1. The Kier molecular flexibility index (Phi) is 7.05. The lowest BCUT2D eigenvalue weighted by molar-refractivity contribution is -0.119. The van der Waals surface area contributed by atoms with Crippen molar-refractivity contribution >= 4 is 40.9 Å². The van der Waals surface area contributed by atoms with E-state index in [2.05, 4.69) is 15.5 Å². The molecule has 1 aromatic heterocycles. The van der Waals surface area contributed by atoms with Gasteiger partial charge < -0.3 is 10.1 Å². The first kappa shape index (κ1) is 21.5. The first-order chi connectivity index (χ1) is 13.9. The van der Waals surface area contributed by atoms with Crippen LogP contribution in [0.1, 0.15) is 13.8 Å². The van der Waals surface area contributed by atoms with Crippen LogP contribution in [0.15, 0.2) is 47.6 Å². The maximum Gasteiger partial charge on any atom is 0.230 e. The van der Waals surface area contributed by atoms with Gasteiger partial charge in [0.1, 0.15) is 5.75 Å². The van der Waals surface area contributed by atoms with E-state index in [1.54, 1.807) is 37.4 Å². The zero-order valence-corrected chi connectivity index (χ0v) is 18.5. The number of hydrogen-bond donors (Lipinski definition) is 1. The molecule has 2 aromatic carbocycles. The number of nitrogens with one attached hydrogen (secondary N) is 1. The van der Waals surface area contributed by atoms with Gasteiger partial charge in [0, 0.05) is 21.7 Å². The van der Waals surface area contributed by atoms with E-state index in [1.807, 2.05) is 30.5 Å². The molecule has 0 aliphatic heterocycles. The van der Waals surface area contributed by atoms with Gasteiger partial charge in [-0.15, -0.1) is 10.2 Å². The number of halogens is 2. The molecule has 1 amide bonds. The maximum absolute atomic E-state index is 12.1. The maximum atomic E-state index is 12.1. The molecule has 6 nitrogen and oxygen atoms in total. The summed E-state index contributed by atoms with van der Waals surface area (Å²) >= 11 is 13.7. The molecule has 0 fully saturated rings. The van der Waals surface area contributed by atoms with Gasteiger partial charge in [0.25, 0.3) is 0 Å². The predicted octanol–water partition coefficient (Wildman–Crippen LogP) is 4.87. The molecular formula is C20H20Cl2N4O2S. The predicted molar refractivity (Wildman–Crippen MR) is 117 cm³/mol. The van der Waals surface area contributed by atoms with Crippen molar-refractivity contribution in [3.63, 3.8) is 0 Å². The van der Waals surface area contributed by atoms with Crippen molar-refractivity contribution in [2.24, 2.45) is 0 Å². The fraction of sp³-hybridized carbons (Fsp3) is 0.250. The molecule has 0 saturated carbocycles. The molecule has 0 bridgehead atoms. The zero-order valence-electron chi connectivity index (χ0n) is 16.1. The molecule has 29 heavy (non-hydrogen) atoms. The smallest absolute Gasteiger partial charge is 0.230 e. The van der Waals surface area contributed by atoms with Crippen LogP contribution in [0.2, 0.25) is 10.0 Å². The van der Waals surface area contributed by atoms with Gasteiger partial charge in [-0.25, -0.2) is 0 Å². The van der Waals surface area contributed by atoms with E-state index in [4.69, 9.17) is 27.9 Å². The first-order valence-electron chi connectivity index (χ1n) is 8.86. The number of thioether (sulfide) groups is 1. The average Bonchev–Trinajstić information content (AvgIpc) is 3.09. The van der Waals surface area contributed by atoms with Gasteiger partial charge >= 0.3 is 0 Å². The van der Waals surface area contributed by atoms with Crippen LogP contribution in [-0.2, 0) is 4.79 Å². The topological polar surface area (TPSA) is 69.0 Å². The van der Waals surface area contributed by atoms with Crippen LogP contribution in [-0.4, -0.2) is 39.6 Å². The van der Waals surface area contributed by atoms with Gasteiger partial charge in [-0.3, -0.25) is 9.36 Å². The molecule has 0 saturated heterocycles. The molecule has 3 rings (SSSR count). The minimum Gasteiger partial charge on any atom is -0.495 e. The average molecular weight is 451 g/mol. The van der Waals surface area contributed by atoms with Crippen molar-refractivity contribution in [3.05, 3.63) is 52.5 Å². The number of benzene rings is 2. The van der Waals surface area contributed by atoms with E-state index < -0.39 is 0 Å². The van der Waals surface area contributed by atoms with Gasteiger partial charge in [0.15, 0.2) is 11.0 Å². The second-order valence-corrected chi connectivity index (χ2v) is 8.29. The third kappa shape index (κ3) is 5.23. The normalized spacial score (nSPS) is 11.0. The molecule has 0 aliphatic rings. The van der Waals surface area contributed by atoms with E-state index in [9.17, 15) is 4.79 Å². The highest BCUT2D eigenvalue weighted by atomic mass is 35.5. The molecule has 3 aromatic rings. The van der Waals surface area contributed by atoms with Crippen LogP contribution in [0.4, 0.5) is 0 Å². The van der Waals surface area contributed by atoms with Crippen LogP contribution in [0, 0.1) is 0 Å². The fourth-order valence-corrected chi connectivity index (χ4v) is 3.84. The Morgan fingerprint density at radius 3 is 2.62 bits per heavy atom. The Hall–Kier alpha value is -2.22. The van der Waals surface area contributed by atoms with Gasteiger partial charge in [-0.2, -0.15) is 0 Å². The van der Waals surface area contributed by atoms with Gasteiger partial charge in [0.05, 0.1) is 18.6 Å². The van der Waals surface area contributed by atoms with Crippen molar-refractivity contribution in [3.8, 4) is 22.8 Å². The molecule has 0 unspecified atom stereocenters. The van der Waals surface area contributed by atoms with Gasteiger partial charge in [0.2, 0.25) is 5.91 Å². The van der Waals surface area contributed by atoms with Crippen molar-refractivity contribution in [2.75, 3.05) is 12.9 Å². The van der Waals surface area contributed by atoms with Gasteiger partial charge in [-0.1, -0.05) is 47.1 Å². The summed E-state index contributed by atoms with van der Waals surface area (Å²) in [6, 6.07) is 12.7. The molecule has 0 atom stereocenters. The lowest BCUT2D eigenvalue weighted by atomic mass is 10.2. The largest absolute Gasteiger partial charge is 0.495 e. The highest BCUT2D eigenvalue weighted by Gasteiger charge is 2.20. The van der Waals surface area contributed by atoms with E-state index >= 15 is 0 Å². The van der Waals surface area contributed by atoms with Crippen LogP contribution in [0.25, 0.3) is 17.1 Å². The summed E-state index contributed by atoms with van der Waals surface area (Å²) in [5.41, 5.74) is 1.46. The van der Waals surface area contributed by atoms with E-state index in [0.29, 0.717) is 32.5 Å². The van der Waals surface area contributed by atoms with Crippen molar-refractivity contribution in [1.82, 2.24) is 20.1 Å². The van der Waals surface area contributed by atoms with E-state index in [0.717, 1.165) is 5.56 Å². The monoisotopic (exact) mass is 450 g/mol. The minimum atomic E-state index is -0.0816. The van der Waals surface area contributed by atoms with Gasteiger partial charge in [-0.05, 0) is 44.2 Å². The summed E-state index contributed by atoms with van der Waals surface area (Å²) in [7, 11) is 1.58. The van der Waals surface area contributed by atoms with Crippen LogP contribution in [0.3, 0.4) is 0 Å². The summed E-state index contributed by atoms with van der Waals surface area (Å²) in [5.74, 6) is 1.29. The lowest BCUT2D eigenvalue weighted by Gasteiger charge is -2.15. The standard InChI is InChI=1S/C20H20Cl2N4O2S/c1-12(2)23-18(27)11-29-20-25-24-19(13-5-4-6-14(21)9-13)26(20)16-10-15(22)7-8-17(16)28-3/h4-10,12H,11H2,1-3H3,(H,23,27). The Labute approximate surface area is 183 Å². The fourth-order valence-electron chi connectivity index (χ4n) is 2.73. The van der Waals surface area contributed by atoms with E-state index in [1.165, 1.54) is 11.8 Å². The van der Waals surface area contributed by atoms with Crippen molar-refractivity contribution < 1.29 is 9.53 Å². The number of methoxy groups -OCH3 is 1. The number of nitrogens with zero attached hydrogens (tertiary/aromatic N) is 3. The summed E-state index contributed by atoms with van der Waals surface area (Å²) in [5, 5.41) is 13.2. The molecule has 152 valence electrons. The van der Waals surface area contributed by atoms with Crippen LogP contribution in [0.5, 0.6) is 5.75 Å². The molecule has 1 heterocycles. The molecule has 0 radical (unpaired) electrons. The second kappa shape index (κ2) is 9.52. The van der Waals surface area contributed by atoms with Crippen molar-refractivity contribution in [2.45, 2.75) is 25.0 Å². The summed E-state index contributed by atoms with van der Waals surface area (Å²) < 4.78 is 7.35. The quantitative estimate of drug-likeness (QED) is 0.520. The molecular weight excluding hydrogens is 431 g/mol. The lowest BCUT2D eigenvalue weighted by Crippen LogP contribution is -2.31. The number of hydrogen-bond acceptors (Lipinski definition) is 5.